The Balaban J connectivity index is 0.000000840. The van der Waals surface area contributed by atoms with Crippen molar-refractivity contribution in [1.82, 2.24) is 16.0 Å². The second-order valence-electron chi connectivity index (χ2n) is 19.2. The molecule has 1 heterocycles. The highest BCUT2D eigenvalue weighted by Crippen LogP contribution is 2.38. The fourth-order valence-corrected chi connectivity index (χ4v) is 10.3. The second kappa shape index (κ2) is 25.5. The van der Waals surface area contributed by atoms with Crippen LogP contribution in [-0.4, -0.2) is 6.04 Å². The first-order valence-corrected chi connectivity index (χ1v) is 27.4. The molecule has 6 aromatic rings. The van der Waals surface area contributed by atoms with Crippen LogP contribution in [0.2, 0.25) is 0 Å². The van der Waals surface area contributed by atoms with Gasteiger partial charge in [0.1, 0.15) is 6.17 Å². The molecule has 6 aromatic carbocycles. The van der Waals surface area contributed by atoms with E-state index in [1.165, 1.54) is 113 Å². The van der Waals surface area contributed by atoms with Crippen LogP contribution in [0, 0.1) is 5.92 Å². The van der Waals surface area contributed by atoms with Crippen molar-refractivity contribution in [3.05, 3.63) is 261 Å². The van der Waals surface area contributed by atoms with E-state index in [1.54, 1.807) is 0 Å². The standard InChI is InChI=1S/C62H55N3.C4H10.2C2H6/c1-41-15-9-10-24-57(41)60(63-42(2)45-27-28-51-36-48(29-31-50(51)35-45)43-16-5-3-6-17-43)54-22-13-20-46(38-54)47-21-14-23-55(39-47)61-58-25-11-12-26-59(58)64-62(65-61)56-34-33-52-37-49(30-32-53(52)40-56)44-18-7-4-8-19-44;1-3-4-2;2*1-2/h3-28,33-42,59,62-65H,29-32H2,1-2H3;3-4H2,1-2H3;2*1-2H3/b60-57-;;;. The van der Waals surface area contributed by atoms with E-state index in [0.717, 1.165) is 25.7 Å². The van der Waals surface area contributed by atoms with Gasteiger partial charge in [0.05, 0.1) is 6.04 Å². The summed E-state index contributed by atoms with van der Waals surface area (Å²) in [5, 5.41) is 11.9. The summed E-state index contributed by atoms with van der Waals surface area (Å²) in [6.45, 7) is 17.0. The van der Waals surface area contributed by atoms with E-state index >= 15 is 0 Å². The summed E-state index contributed by atoms with van der Waals surface area (Å²) in [6.07, 6.45) is 29.3. The molecular weight excluding hydrogens is 883 g/mol. The Hall–Kier alpha value is -7.20. The third-order valence-electron chi connectivity index (χ3n) is 14.5. The van der Waals surface area contributed by atoms with Crippen LogP contribution in [0.1, 0.15) is 149 Å². The highest BCUT2D eigenvalue weighted by Gasteiger charge is 2.29. The quantitative estimate of drug-likeness (QED) is 0.128. The van der Waals surface area contributed by atoms with Gasteiger partial charge in [-0.25, -0.2) is 0 Å². The summed E-state index contributed by atoms with van der Waals surface area (Å²) in [4.78, 5) is 0. The van der Waals surface area contributed by atoms with E-state index in [-0.39, 0.29) is 24.2 Å². The number of nitrogens with one attached hydrogen (secondary N) is 3. The van der Waals surface area contributed by atoms with Gasteiger partial charge in [0, 0.05) is 23.4 Å². The molecule has 0 fully saturated rings. The molecule has 5 aliphatic rings. The normalized spacial score (nSPS) is 19.0. The lowest BCUT2D eigenvalue weighted by molar-refractivity contribution is 0.459. The monoisotopic (exact) mass is 960 g/mol. The van der Waals surface area contributed by atoms with E-state index in [1.807, 2.05) is 27.7 Å². The van der Waals surface area contributed by atoms with Gasteiger partial charge in [-0.2, -0.15) is 0 Å². The van der Waals surface area contributed by atoms with Crippen molar-refractivity contribution in [2.24, 2.45) is 5.92 Å². The van der Waals surface area contributed by atoms with Crippen molar-refractivity contribution in [2.45, 2.75) is 112 Å². The average Bonchev–Trinajstić information content (AvgIpc) is 3.47. The molecular formula is C70H77N3. The van der Waals surface area contributed by atoms with Gasteiger partial charge in [-0.05, 0) is 134 Å². The minimum Gasteiger partial charge on any atom is -0.378 e. The van der Waals surface area contributed by atoms with Crippen molar-refractivity contribution >= 4 is 34.7 Å². The largest absolute Gasteiger partial charge is 0.378 e. The van der Waals surface area contributed by atoms with Crippen LogP contribution in [0.25, 0.3) is 45.8 Å². The number of fused-ring (bicyclic) bond motifs is 3. The Morgan fingerprint density at radius 2 is 1.14 bits per heavy atom. The van der Waals surface area contributed by atoms with Gasteiger partial charge in [-0.3, -0.25) is 5.32 Å². The first-order valence-electron chi connectivity index (χ1n) is 27.4. The molecule has 4 aliphatic carbocycles. The van der Waals surface area contributed by atoms with Gasteiger partial charge in [0.2, 0.25) is 0 Å². The topological polar surface area (TPSA) is 36.1 Å². The Morgan fingerprint density at radius 1 is 0.562 bits per heavy atom. The lowest BCUT2D eigenvalue weighted by Crippen LogP contribution is -2.45. The number of hydrogen-bond donors (Lipinski definition) is 3. The molecule has 11 rings (SSSR count). The van der Waals surface area contributed by atoms with Gasteiger partial charge in [-0.1, -0.05) is 256 Å². The van der Waals surface area contributed by atoms with Crippen LogP contribution in [0.15, 0.2) is 205 Å². The predicted molar refractivity (Wildman–Crippen MR) is 317 cm³/mol. The summed E-state index contributed by atoms with van der Waals surface area (Å²) < 4.78 is 0. The Kier molecular flexibility index (Phi) is 18.2. The zero-order chi connectivity index (χ0) is 51.1. The zero-order valence-electron chi connectivity index (χ0n) is 44.7. The van der Waals surface area contributed by atoms with Gasteiger partial charge in [0.25, 0.3) is 0 Å². The smallest absolute Gasteiger partial charge is 0.104 e. The molecule has 3 nitrogen and oxygen atoms in total. The average molecular weight is 960 g/mol. The van der Waals surface area contributed by atoms with Crippen molar-refractivity contribution in [2.75, 3.05) is 0 Å². The van der Waals surface area contributed by atoms with E-state index in [4.69, 9.17) is 0 Å². The van der Waals surface area contributed by atoms with Crippen LogP contribution >= 0.6 is 0 Å². The van der Waals surface area contributed by atoms with Crippen LogP contribution in [0.3, 0.4) is 0 Å². The SMILES string of the molecule is CC.CC.CC1C=CC=C/C1=C(/NC(C)c1ccc2c(c1)CCC(c1ccccc1)=C2)c1cccc(-c2cccc(C3=C4C=CC=CC4NC(c4ccc5c(c4)CCC(c4ccccc4)=C5)N3)c2)c1.CCCC. The number of allylic oxidation sites excluding steroid dienone is 9. The van der Waals surface area contributed by atoms with Crippen molar-refractivity contribution in [1.29, 1.82) is 0 Å². The fraction of sp³-hybridized carbons (Fsp3) is 0.257. The molecule has 0 saturated heterocycles. The number of aryl methyl sites for hydroxylation is 2. The van der Waals surface area contributed by atoms with E-state index in [0.29, 0.717) is 0 Å². The summed E-state index contributed by atoms with van der Waals surface area (Å²) in [7, 11) is 0. The highest BCUT2D eigenvalue weighted by atomic mass is 15.2. The van der Waals surface area contributed by atoms with E-state index < -0.39 is 0 Å². The number of rotatable bonds is 10. The molecule has 3 heteroatoms. The Bertz CT molecular complexity index is 3080. The maximum Gasteiger partial charge on any atom is 0.104 e. The van der Waals surface area contributed by atoms with Crippen LogP contribution in [0.4, 0.5) is 0 Å². The van der Waals surface area contributed by atoms with Crippen molar-refractivity contribution < 1.29 is 0 Å². The number of unbranched alkanes of at least 4 members (excludes halogenated alkanes) is 1. The molecule has 0 spiro atoms. The maximum atomic E-state index is 4.05. The molecule has 4 unspecified atom stereocenters. The molecule has 372 valence electrons. The molecule has 0 bridgehead atoms. The van der Waals surface area contributed by atoms with Gasteiger partial charge in [0.15, 0.2) is 0 Å². The van der Waals surface area contributed by atoms with Crippen molar-refractivity contribution in [3.63, 3.8) is 0 Å². The van der Waals surface area contributed by atoms with Crippen LogP contribution in [0.5, 0.6) is 0 Å². The predicted octanol–water partition coefficient (Wildman–Crippen LogP) is 18.1. The van der Waals surface area contributed by atoms with E-state index in [9.17, 15) is 0 Å². The minimum atomic E-state index is -0.0353. The molecule has 0 amide bonds. The first kappa shape index (κ1) is 52.1. The number of benzene rings is 6. The number of hydrogen-bond acceptors (Lipinski definition) is 3. The van der Waals surface area contributed by atoms with Gasteiger partial charge in [-0.15, -0.1) is 0 Å². The third-order valence-corrected chi connectivity index (χ3v) is 14.5. The Labute approximate surface area is 438 Å². The molecule has 0 aromatic heterocycles. The molecule has 1 aliphatic heterocycles. The molecule has 3 N–H and O–H groups in total. The lowest BCUT2D eigenvalue weighted by Gasteiger charge is -2.36. The molecule has 4 atom stereocenters. The molecule has 0 radical (unpaired) electrons. The maximum absolute atomic E-state index is 4.05. The van der Waals surface area contributed by atoms with Crippen molar-refractivity contribution in [3.8, 4) is 11.1 Å². The Morgan fingerprint density at radius 3 is 1.79 bits per heavy atom. The summed E-state index contributed by atoms with van der Waals surface area (Å²) >= 11 is 0. The van der Waals surface area contributed by atoms with Gasteiger partial charge >= 0.3 is 0 Å². The fourth-order valence-electron chi connectivity index (χ4n) is 10.3. The summed E-state index contributed by atoms with van der Waals surface area (Å²) in [5.74, 6) is 0.281. The van der Waals surface area contributed by atoms with E-state index in [2.05, 4.69) is 250 Å². The second-order valence-corrected chi connectivity index (χ2v) is 19.2. The van der Waals surface area contributed by atoms with Crippen LogP contribution in [-0.2, 0) is 12.8 Å². The highest BCUT2D eigenvalue weighted by molar-refractivity contribution is 5.86. The van der Waals surface area contributed by atoms with Gasteiger partial charge < -0.3 is 10.6 Å². The molecule has 0 saturated carbocycles. The van der Waals surface area contributed by atoms with Crippen LogP contribution < -0.4 is 16.0 Å². The molecule has 73 heavy (non-hydrogen) atoms. The minimum absolute atomic E-state index is 0.0353. The lowest BCUT2D eigenvalue weighted by atomic mass is 9.86. The summed E-state index contributed by atoms with van der Waals surface area (Å²) in [5.41, 5.74) is 23.2. The summed E-state index contributed by atoms with van der Waals surface area (Å²) in [6, 6.07) is 54.1. The first-order chi connectivity index (χ1) is 35.9. The third kappa shape index (κ3) is 12.4. The zero-order valence-corrected chi connectivity index (χ0v) is 44.7.